The molecule has 0 spiro atoms. The summed E-state index contributed by atoms with van der Waals surface area (Å²) in [6.07, 6.45) is -0.709. The lowest BCUT2D eigenvalue weighted by Crippen LogP contribution is -2.52. The Hall–Kier alpha value is -1.59. The number of ether oxygens (including phenoxy) is 1. The van der Waals surface area contributed by atoms with E-state index >= 15 is 0 Å². The van der Waals surface area contributed by atoms with Crippen LogP contribution in [0.2, 0.25) is 0 Å². The summed E-state index contributed by atoms with van der Waals surface area (Å²) in [5, 5.41) is 12.9. The largest absolute Gasteiger partial charge is 0.491 e. The van der Waals surface area contributed by atoms with E-state index in [1.54, 1.807) is 0 Å². The quantitative estimate of drug-likeness (QED) is 0.693. The van der Waals surface area contributed by atoms with Gasteiger partial charge < -0.3 is 20.9 Å². The van der Waals surface area contributed by atoms with Crippen molar-refractivity contribution in [3.05, 3.63) is 30.3 Å². The summed E-state index contributed by atoms with van der Waals surface area (Å²) >= 11 is 0. The van der Waals surface area contributed by atoms with Crippen molar-refractivity contribution < 1.29 is 14.6 Å². The Balaban J connectivity index is 2.39. The Labute approximate surface area is 120 Å². The van der Waals surface area contributed by atoms with Crippen molar-refractivity contribution >= 4 is 5.91 Å². The highest BCUT2D eigenvalue weighted by atomic mass is 16.5. The van der Waals surface area contributed by atoms with E-state index < -0.39 is 18.1 Å². The normalized spacial score (nSPS) is 14.6. The lowest BCUT2D eigenvalue weighted by Gasteiger charge is -2.29. The third kappa shape index (κ3) is 5.59. The highest BCUT2D eigenvalue weighted by Gasteiger charge is 2.29. The molecule has 0 aliphatic carbocycles. The van der Waals surface area contributed by atoms with Gasteiger partial charge in [0.05, 0.1) is 6.04 Å². The average Bonchev–Trinajstić information content (AvgIpc) is 2.35. The summed E-state index contributed by atoms with van der Waals surface area (Å²) < 4.78 is 5.44. The Morgan fingerprint density at radius 3 is 2.45 bits per heavy atom. The highest BCUT2D eigenvalue weighted by Crippen LogP contribution is 2.18. The van der Waals surface area contributed by atoms with E-state index in [2.05, 4.69) is 5.32 Å². The molecule has 0 saturated carbocycles. The van der Waals surface area contributed by atoms with E-state index in [1.807, 2.05) is 51.1 Å². The van der Waals surface area contributed by atoms with Gasteiger partial charge in [0.1, 0.15) is 18.5 Å². The van der Waals surface area contributed by atoms with Crippen LogP contribution in [0, 0.1) is 5.41 Å². The molecular weight excluding hydrogens is 256 g/mol. The van der Waals surface area contributed by atoms with E-state index in [1.165, 1.54) is 0 Å². The van der Waals surface area contributed by atoms with Crippen molar-refractivity contribution in [2.75, 3.05) is 13.2 Å². The van der Waals surface area contributed by atoms with Crippen LogP contribution in [0.25, 0.3) is 0 Å². The summed E-state index contributed by atoms with van der Waals surface area (Å²) in [6.45, 7) is 6.16. The van der Waals surface area contributed by atoms with Gasteiger partial charge in [-0.2, -0.15) is 0 Å². The maximum Gasteiger partial charge on any atom is 0.235 e. The van der Waals surface area contributed by atoms with Gasteiger partial charge in [0.2, 0.25) is 5.91 Å². The molecule has 0 radical (unpaired) electrons. The first-order valence-corrected chi connectivity index (χ1v) is 6.69. The average molecular weight is 280 g/mol. The summed E-state index contributed by atoms with van der Waals surface area (Å²) in [5.41, 5.74) is 5.06. The molecule has 2 atom stereocenters. The standard InChI is InChI=1S/C15H24N2O3/c1-15(2,3)13(14(16)19)17-9-11(18)10-20-12-7-5-4-6-8-12/h4-8,11,13,17-18H,9-10H2,1-3H3,(H2,16,19)/t11?,13-/m1/s1. The predicted octanol–water partition coefficient (Wildman–Crippen LogP) is 0.916. The summed E-state index contributed by atoms with van der Waals surface area (Å²) in [7, 11) is 0. The predicted molar refractivity (Wildman–Crippen MR) is 78.4 cm³/mol. The molecule has 0 aliphatic rings. The molecule has 1 aromatic rings. The zero-order chi connectivity index (χ0) is 15.2. The molecule has 1 unspecified atom stereocenters. The fourth-order valence-corrected chi connectivity index (χ4v) is 1.86. The zero-order valence-corrected chi connectivity index (χ0v) is 12.3. The number of hydrogen-bond acceptors (Lipinski definition) is 4. The van der Waals surface area contributed by atoms with Crippen molar-refractivity contribution in [3.63, 3.8) is 0 Å². The summed E-state index contributed by atoms with van der Waals surface area (Å²) in [5.74, 6) is 0.280. The number of hydrogen-bond donors (Lipinski definition) is 3. The number of primary amides is 1. The molecule has 1 amide bonds. The number of benzene rings is 1. The van der Waals surface area contributed by atoms with Gasteiger partial charge in [-0.15, -0.1) is 0 Å². The van der Waals surface area contributed by atoms with Gasteiger partial charge in [-0.05, 0) is 17.5 Å². The highest BCUT2D eigenvalue weighted by molar-refractivity contribution is 5.80. The number of para-hydroxylation sites is 1. The molecule has 1 rings (SSSR count). The van der Waals surface area contributed by atoms with Gasteiger partial charge in [0, 0.05) is 6.54 Å². The van der Waals surface area contributed by atoms with E-state index in [-0.39, 0.29) is 18.6 Å². The van der Waals surface area contributed by atoms with Crippen molar-refractivity contribution in [1.29, 1.82) is 0 Å². The second-order valence-electron chi connectivity index (χ2n) is 5.89. The number of carbonyl (C=O) groups excluding carboxylic acids is 1. The lowest BCUT2D eigenvalue weighted by molar-refractivity contribution is -0.122. The number of rotatable bonds is 7. The molecule has 0 bridgehead atoms. The fourth-order valence-electron chi connectivity index (χ4n) is 1.86. The maximum atomic E-state index is 11.4. The first kappa shape index (κ1) is 16.5. The fraction of sp³-hybridized carbons (Fsp3) is 0.533. The third-order valence-electron chi connectivity index (χ3n) is 2.89. The molecule has 4 N–H and O–H groups in total. The number of nitrogens with two attached hydrogens (primary N) is 1. The Bertz CT molecular complexity index is 415. The van der Waals surface area contributed by atoms with Crippen LogP contribution >= 0.6 is 0 Å². The number of aliphatic hydroxyl groups is 1. The second kappa shape index (κ2) is 7.26. The van der Waals surface area contributed by atoms with Crippen LogP contribution in [0.5, 0.6) is 5.75 Å². The van der Waals surface area contributed by atoms with Crippen LogP contribution in [0.4, 0.5) is 0 Å². The third-order valence-corrected chi connectivity index (χ3v) is 2.89. The van der Waals surface area contributed by atoms with E-state index in [0.29, 0.717) is 5.75 Å². The van der Waals surface area contributed by atoms with Crippen LogP contribution in [0.15, 0.2) is 30.3 Å². The molecule has 112 valence electrons. The van der Waals surface area contributed by atoms with Gasteiger partial charge in [-0.1, -0.05) is 39.0 Å². The first-order chi connectivity index (χ1) is 9.30. The van der Waals surface area contributed by atoms with Gasteiger partial charge in [0.25, 0.3) is 0 Å². The molecule has 0 saturated heterocycles. The Morgan fingerprint density at radius 2 is 1.95 bits per heavy atom. The van der Waals surface area contributed by atoms with Gasteiger partial charge in [0.15, 0.2) is 0 Å². The minimum absolute atomic E-state index is 0.159. The van der Waals surface area contributed by atoms with E-state index in [4.69, 9.17) is 10.5 Å². The van der Waals surface area contributed by atoms with Crippen LogP contribution in [-0.4, -0.2) is 36.3 Å². The van der Waals surface area contributed by atoms with E-state index in [9.17, 15) is 9.90 Å². The monoisotopic (exact) mass is 280 g/mol. The molecule has 0 aliphatic heterocycles. The molecular formula is C15H24N2O3. The SMILES string of the molecule is CC(C)(C)[C@H](NCC(O)COc1ccccc1)C(N)=O. The molecule has 0 aromatic heterocycles. The summed E-state index contributed by atoms with van der Waals surface area (Å²) in [4.78, 5) is 11.4. The van der Waals surface area contributed by atoms with Crippen molar-refractivity contribution in [2.45, 2.75) is 32.9 Å². The Morgan fingerprint density at radius 1 is 1.35 bits per heavy atom. The van der Waals surface area contributed by atoms with Crippen LogP contribution in [-0.2, 0) is 4.79 Å². The molecule has 1 aromatic carbocycles. The molecule has 5 nitrogen and oxygen atoms in total. The number of carbonyl (C=O) groups is 1. The van der Waals surface area contributed by atoms with Gasteiger partial charge >= 0.3 is 0 Å². The van der Waals surface area contributed by atoms with Gasteiger partial charge in [-0.25, -0.2) is 0 Å². The number of aliphatic hydroxyl groups excluding tert-OH is 1. The Kier molecular flexibility index (Phi) is 5.98. The summed E-state index contributed by atoms with van der Waals surface area (Å²) in [6, 6.07) is 8.77. The van der Waals surface area contributed by atoms with Crippen molar-refractivity contribution in [1.82, 2.24) is 5.32 Å². The van der Waals surface area contributed by atoms with Gasteiger partial charge in [-0.3, -0.25) is 4.79 Å². The first-order valence-electron chi connectivity index (χ1n) is 6.69. The topological polar surface area (TPSA) is 84.6 Å². The minimum atomic E-state index is -0.709. The maximum absolute atomic E-state index is 11.4. The smallest absolute Gasteiger partial charge is 0.235 e. The molecule has 5 heteroatoms. The van der Waals surface area contributed by atoms with Crippen molar-refractivity contribution in [3.8, 4) is 5.75 Å². The zero-order valence-electron chi connectivity index (χ0n) is 12.3. The molecule has 0 fully saturated rings. The van der Waals surface area contributed by atoms with Crippen molar-refractivity contribution in [2.24, 2.45) is 11.1 Å². The lowest BCUT2D eigenvalue weighted by atomic mass is 9.86. The minimum Gasteiger partial charge on any atom is -0.491 e. The second-order valence-corrected chi connectivity index (χ2v) is 5.89. The van der Waals surface area contributed by atoms with Crippen LogP contribution in [0.1, 0.15) is 20.8 Å². The van der Waals surface area contributed by atoms with Crippen LogP contribution < -0.4 is 15.8 Å². The van der Waals surface area contributed by atoms with E-state index in [0.717, 1.165) is 0 Å². The molecule has 0 heterocycles. The van der Waals surface area contributed by atoms with Crippen LogP contribution in [0.3, 0.4) is 0 Å². The number of nitrogens with one attached hydrogen (secondary N) is 1. The number of amides is 1. The molecule has 20 heavy (non-hydrogen) atoms.